The Morgan fingerprint density at radius 3 is 1.71 bits per heavy atom. The van der Waals surface area contributed by atoms with Crippen molar-refractivity contribution in [1.82, 2.24) is 19.5 Å². The normalized spacial score (nSPS) is 11.9. The van der Waals surface area contributed by atoms with Crippen molar-refractivity contribution in [2.75, 3.05) is 0 Å². The molecule has 0 N–H and O–H groups in total. The van der Waals surface area contributed by atoms with Gasteiger partial charge in [0.25, 0.3) is 0 Å². The summed E-state index contributed by atoms with van der Waals surface area (Å²) < 4.78 is 8.76. The summed E-state index contributed by atoms with van der Waals surface area (Å²) in [6, 6.07) is 72.9. The molecule has 13 aromatic rings. The van der Waals surface area contributed by atoms with E-state index in [0.29, 0.717) is 17.5 Å². The van der Waals surface area contributed by atoms with Gasteiger partial charge in [-0.2, -0.15) is 0 Å². The minimum atomic E-state index is 0.596. The molecule has 10 aromatic carbocycles. The Labute approximate surface area is 355 Å². The summed E-state index contributed by atoms with van der Waals surface area (Å²) in [5, 5.41) is 11.5. The molecule has 0 unspecified atom stereocenters. The van der Waals surface area contributed by atoms with E-state index in [4.69, 9.17) is 19.4 Å². The average Bonchev–Trinajstić information content (AvgIpc) is 3.90. The van der Waals surface area contributed by atoms with E-state index in [1.165, 1.54) is 54.5 Å². The largest absolute Gasteiger partial charge is 0.456 e. The third-order valence-electron chi connectivity index (χ3n) is 12.4. The molecule has 5 heteroatoms. The zero-order chi connectivity index (χ0) is 40.7. The molecule has 62 heavy (non-hydrogen) atoms. The first kappa shape index (κ1) is 34.5. The highest BCUT2D eigenvalue weighted by atomic mass is 16.3. The first-order chi connectivity index (χ1) is 30.7. The predicted molar refractivity (Wildman–Crippen MR) is 256 cm³/mol. The molecule has 0 aliphatic heterocycles. The van der Waals surface area contributed by atoms with Gasteiger partial charge in [0.05, 0.1) is 16.7 Å². The average molecular weight is 791 g/mol. The van der Waals surface area contributed by atoms with Gasteiger partial charge in [0.15, 0.2) is 17.5 Å². The second-order valence-electron chi connectivity index (χ2n) is 15.9. The number of benzene rings is 10. The van der Waals surface area contributed by atoms with E-state index in [0.717, 1.165) is 55.1 Å². The summed E-state index contributed by atoms with van der Waals surface area (Å²) in [5.74, 6) is 1.82. The lowest BCUT2D eigenvalue weighted by Crippen LogP contribution is -2.00. The molecule has 0 radical (unpaired) electrons. The van der Waals surface area contributed by atoms with Gasteiger partial charge in [-0.25, -0.2) is 15.0 Å². The highest BCUT2D eigenvalue weighted by Crippen LogP contribution is 2.43. The summed E-state index contributed by atoms with van der Waals surface area (Å²) in [6.45, 7) is 0. The molecule has 0 saturated carbocycles. The molecular weight excluding hydrogens is 757 g/mol. The Morgan fingerprint density at radius 2 is 0.871 bits per heavy atom. The maximum absolute atomic E-state index is 6.30. The third kappa shape index (κ3) is 5.25. The molecule has 0 amide bonds. The van der Waals surface area contributed by atoms with Crippen molar-refractivity contribution in [1.29, 1.82) is 0 Å². The Hall–Kier alpha value is -8.41. The smallest absolute Gasteiger partial charge is 0.164 e. The van der Waals surface area contributed by atoms with Gasteiger partial charge in [-0.15, -0.1) is 0 Å². The van der Waals surface area contributed by atoms with Crippen LogP contribution in [0.15, 0.2) is 211 Å². The van der Waals surface area contributed by atoms with Crippen LogP contribution in [0, 0.1) is 0 Å². The zero-order valence-corrected chi connectivity index (χ0v) is 33.3. The lowest BCUT2D eigenvalue weighted by atomic mass is 9.92. The van der Waals surface area contributed by atoms with E-state index < -0.39 is 0 Å². The zero-order valence-electron chi connectivity index (χ0n) is 33.3. The maximum atomic E-state index is 6.30. The van der Waals surface area contributed by atoms with Crippen LogP contribution in [-0.2, 0) is 0 Å². The second-order valence-corrected chi connectivity index (χ2v) is 15.9. The number of furan rings is 1. The fourth-order valence-electron chi connectivity index (χ4n) is 9.66. The van der Waals surface area contributed by atoms with Crippen LogP contribution in [-0.4, -0.2) is 19.5 Å². The standard InChI is InChI=1S/C57H34N4O/c1-3-15-35(16-4-1)37-30-32-49-47(33-37)41-20-9-11-25-48(41)61(49)50-26-13-23-43-46-34-38(29-31-40(46)39-19-7-8-21-42(39)53(43)50)56-58-55(36-17-5-2-6-18-36)59-57(60-56)45-24-14-28-52-54(45)44-22-10-12-27-51(44)62-52/h1-34H. The van der Waals surface area contributed by atoms with Crippen LogP contribution >= 0.6 is 0 Å². The fourth-order valence-corrected chi connectivity index (χ4v) is 9.66. The van der Waals surface area contributed by atoms with Crippen molar-refractivity contribution in [3.63, 3.8) is 0 Å². The number of hydrogen-bond acceptors (Lipinski definition) is 4. The van der Waals surface area contributed by atoms with Gasteiger partial charge >= 0.3 is 0 Å². The molecule has 0 aliphatic carbocycles. The van der Waals surface area contributed by atoms with Gasteiger partial charge in [0.1, 0.15) is 11.2 Å². The van der Waals surface area contributed by atoms with Crippen molar-refractivity contribution >= 4 is 76.1 Å². The summed E-state index contributed by atoms with van der Waals surface area (Å²) in [4.78, 5) is 15.6. The lowest BCUT2D eigenvalue weighted by molar-refractivity contribution is 0.669. The fraction of sp³-hybridized carbons (Fsp3) is 0. The van der Waals surface area contributed by atoms with Crippen LogP contribution in [0.3, 0.4) is 0 Å². The predicted octanol–water partition coefficient (Wildman–Crippen LogP) is 15.0. The van der Waals surface area contributed by atoms with Gasteiger partial charge in [0, 0.05) is 43.6 Å². The Bertz CT molecular complexity index is 3920. The molecule has 0 spiro atoms. The van der Waals surface area contributed by atoms with Crippen molar-refractivity contribution in [3.8, 4) is 51.0 Å². The molecule has 0 fully saturated rings. The summed E-state index contributed by atoms with van der Waals surface area (Å²) in [5.41, 5.74) is 10.3. The van der Waals surface area contributed by atoms with E-state index in [1.54, 1.807) is 0 Å². The lowest BCUT2D eigenvalue weighted by Gasteiger charge is -2.17. The highest BCUT2D eigenvalue weighted by Gasteiger charge is 2.21. The molecule has 0 aliphatic rings. The van der Waals surface area contributed by atoms with Gasteiger partial charge in [-0.1, -0.05) is 164 Å². The number of para-hydroxylation sites is 2. The number of rotatable bonds is 5. The van der Waals surface area contributed by atoms with Crippen LogP contribution in [0.25, 0.3) is 127 Å². The van der Waals surface area contributed by atoms with E-state index in [2.05, 4.69) is 162 Å². The molecule has 5 nitrogen and oxygen atoms in total. The first-order valence-electron chi connectivity index (χ1n) is 20.9. The second kappa shape index (κ2) is 13.6. The number of aromatic nitrogens is 4. The molecule has 0 bridgehead atoms. The third-order valence-corrected chi connectivity index (χ3v) is 12.4. The van der Waals surface area contributed by atoms with E-state index in [9.17, 15) is 0 Å². The highest BCUT2D eigenvalue weighted by molar-refractivity contribution is 6.28. The van der Waals surface area contributed by atoms with Crippen LogP contribution in [0.4, 0.5) is 0 Å². The SMILES string of the molecule is c1ccc(-c2ccc3c(c2)c2ccccc2n3-c2cccc3c4cc(-c5nc(-c6ccccc6)nc(-c6cccc7oc8ccccc8c67)n5)ccc4c4ccccc4c23)cc1. The summed E-state index contributed by atoms with van der Waals surface area (Å²) in [6.07, 6.45) is 0. The van der Waals surface area contributed by atoms with Gasteiger partial charge < -0.3 is 8.98 Å². The Balaban J connectivity index is 1.07. The van der Waals surface area contributed by atoms with Crippen LogP contribution in [0.1, 0.15) is 0 Å². The van der Waals surface area contributed by atoms with Crippen LogP contribution in [0.5, 0.6) is 0 Å². The van der Waals surface area contributed by atoms with E-state index in [1.807, 2.05) is 48.5 Å². The number of hydrogen-bond donors (Lipinski definition) is 0. The molecule has 0 atom stereocenters. The van der Waals surface area contributed by atoms with Gasteiger partial charge in [0.2, 0.25) is 0 Å². The van der Waals surface area contributed by atoms with Crippen molar-refractivity contribution < 1.29 is 4.42 Å². The molecule has 13 rings (SSSR count). The minimum absolute atomic E-state index is 0.596. The quantitative estimate of drug-likeness (QED) is 0.163. The monoisotopic (exact) mass is 790 g/mol. The van der Waals surface area contributed by atoms with Crippen molar-refractivity contribution in [3.05, 3.63) is 206 Å². The number of fused-ring (bicyclic) bond motifs is 12. The maximum Gasteiger partial charge on any atom is 0.164 e. The summed E-state index contributed by atoms with van der Waals surface area (Å²) >= 11 is 0. The topological polar surface area (TPSA) is 56.7 Å². The molecule has 0 saturated heterocycles. The van der Waals surface area contributed by atoms with Crippen LogP contribution < -0.4 is 0 Å². The first-order valence-corrected chi connectivity index (χ1v) is 20.9. The molecule has 3 aromatic heterocycles. The molecule has 3 heterocycles. The van der Waals surface area contributed by atoms with Crippen molar-refractivity contribution in [2.24, 2.45) is 0 Å². The van der Waals surface area contributed by atoms with E-state index >= 15 is 0 Å². The summed E-state index contributed by atoms with van der Waals surface area (Å²) in [7, 11) is 0. The molecule has 288 valence electrons. The minimum Gasteiger partial charge on any atom is -0.456 e. The molecular formula is C57H34N4O. The van der Waals surface area contributed by atoms with Crippen LogP contribution in [0.2, 0.25) is 0 Å². The van der Waals surface area contributed by atoms with Crippen molar-refractivity contribution in [2.45, 2.75) is 0 Å². The van der Waals surface area contributed by atoms with Gasteiger partial charge in [-0.3, -0.25) is 0 Å². The number of nitrogens with zero attached hydrogens (tertiary/aromatic N) is 4. The van der Waals surface area contributed by atoms with E-state index in [-0.39, 0.29) is 0 Å². The Morgan fingerprint density at radius 1 is 0.306 bits per heavy atom. The van der Waals surface area contributed by atoms with Gasteiger partial charge in [-0.05, 0) is 80.5 Å². The Kier molecular flexibility index (Phi) is 7.54.